The van der Waals surface area contributed by atoms with Gasteiger partial charge in [-0.1, -0.05) is 38.1 Å². The Balaban J connectivity index is 1.84. The summed E-state index contributed by atoms with van der Waals surface area (Å²) < 4.78 is 0. The molecule has 3 rings (SSSR count). The maximum Gasteiger partial charge on any atom is 0.251 e. The lowest BCUT2D eigenvalue weighted by molar-refractivity contribution is 0.0950. The highest BCUT2D eigenvalue weighted by Gasteiger charge is 2.15. The number of aromatic nitrogens is 1. The number of phenolic OH excluding ortho intramolecular Hbond substituents is 1. The van der Waals surface area contributed by atoms with Crippen molar-refractivity contribution in [1.29, 1.82) is 0 Å². The van der Waals surface area contributed by atoms with Crippen LogP contribution in [0.15, 0.2) is 48.7 Å². The van der Waals surface area contributed by atoms with E-state index in [9.17, 15) is 9.90 Å². The molecule has 25 heavy (non-hydrogen) atoms. The molecule has 0 aliphatic carbocycles. The van der Waals surface area contributed by atoms with E-state index in [4.69, 9.17) is 0 Å². The van der Waals surface area contributed by atoms with Crippen LogP contribution in [0, 0.1) is 6.92 Å². The molecule has 2 aromatic carbocycles. The van der Waals surface area contributed by atoms with Crippen molar-refractivity contribution in [2.24, 2.45) is 0 Å². The van der Waals surface area contributed by atoms with Crippen LogP contribution in [0.2, 0.25) is 0 Å². The van der Waals surface area contributed by atoms with E-state index < -0.39 is 0 Å². The van der Waals surface area contributed by atoms with Gasteiger partial charge in [0.05, 0.1) is 5.52 Å². The Morgan fingerprint density at radius 1 is 1.20 bits per heavy atom. The third-order valence-electron chi connectivity index (χ3n) is 4.40. The number of carbonyl (C=O) groups excluding carboxylic acids is 1. The van der Waals surface area contributed by atoms with Crippen molar-refractivity contribution >= 4 is 16.8 Å². The van der Waals surface area contributed by atoms with Crippen LogP contribution in [-0.4, -0.2) is 16.0 Å². The van der Waals surface area contributed by atoms with Crippen LogP contribution in [0.5, 0.6) is 5.75 Å². The van der Waals surface area contributed by atoms with E-state index >= 15 is 0 Å². The third-order valence-corrected chi connectivity index (χ3v) is 4.40. The second kappa shape index (κ2) is 6.93. The van der Waals surface area contributed by atoms with Crippen molar-refractivity contribution in [2.75, 3.05) is 0 Å². The van der Waals surface area contributed by atoms with Gasteiger partial charge in [0.1, 0.15) is 5.75 Å². The zero-order valence-corrected chi connectivity index (χ0v) is 14.7. The summed E-state index contributed by atoms with van der Waals surface area (Å²) in [5, 5.41) is 14.1. The fourth-order valence-electron chi connectivity index (χ4n) is 3.00. The predicted octanol–water partition coefficient (Wildman–Crippen LogP) is 4.30. The summed E-state index contributed by atoms with van der Waals surface area (Å²) in [4.78, 5) is 17.1. The maximum absolute atomic E-state index is 12.6. The van der Waals surface area contributed by atoms with E-state index in [0.29, 0.717) is 12.1 Å². The van der Waals surface area contributed by atoms with Gasteiger partial charge >= 0.3 is 0 Å². The molecule has 0 atom stereocenters. The number of aryl methyl sites for hydroxylation is 1. The molecule has 1 heterocycles. The number of benzene rings is 2. The molecule has 0 radical (unpaired) electrons. The molecule has 1 amide bonds. The van der Waals surface area contributed by atoms with Gasteiger partial charge < -0.3 is 10.4 Å². The number of rotatable bonds is 4. The van der Waals surface area contributed by atoms with Crippen LogP contribution in [0.3, 0.4) is 0 Å². The van der Waals surface area contributed by atoms with Crippen molar-refractivity contribution in [3.05, 3.63) is 70.9 Å². The Bertz CT molecular complexity index is 927. The minimum Gasteiger partial charge on any atom is -0.508 e. The van der Waals surface area contributed by atoms with Crippen molar-refractivity contribution in [3.63, 3.8) is 0 Å². The van der Waals surface area contributed by atoms with Gasteiger partial charge in [0, 0.05) is 23.7 Å². The van der Waals surface area contributed by atoms with Gasteiger partial charge in [0.25, 0.3) is 5.91 Å². The second-order valence-corrected chi connectivity index (χ2v) is 6.56. The Kier molecular flexibility index (Phi) is 4.70. The molecule has 0 aliphatic heterocycles. The number of phenols is 1. The van der Waals surface area contributed by atoms with Crippen molar-refractivity contribution in [3.8, 4) is 5.75 Å². The van der Waals surface area contributed by atoms with Gasteiger partial charge in [-0.25, -0.2) is 0 Å². The van der Waals surface area contributed by atoms with Gasteiger partial charge in [-0.2, -0.15) is 0 Å². The first-order valence-corrected chi connectivity index (χ1v) is 8.41. The molecule has 0 unspecified atom stereocenters. The van der Waals surface area contributed by atoms with Gasteiger partial charge in [-0.3, -0.25) is 9.78 Å². The van der Waals surface area contributed by atoms with E-state index in [1.54, 1.807) is 18.3 Å². The molecule has 2 N–H and O–H groups in total. The monoisotopic (exact) mass is 334 g/mol. The molecule has 1 aromatic heterocycles. The number of amides is 1. The number of nitrogens with one attached hydrogen (secondary N) is 1. The maximum atomic E-state index is 12.6. The fraction of sp³-hybridized carbons (Fsp3) is 0.238. The minimum atomic E-state index is -0.146. The van der Waals surface area contributed by atoms with E-state index in [-0.39, 0.29) is 17.6 Å². The van der Waals surface area contributed by atoms with E-state index in [0.717, 1.165) is 27.6 Å². The first kappa shape index (κ1) is 17.0. The van der Waals surface area contributed by atoms with Crippen LogP contribution in [0.1, 0.15) is 46.8 Å². The number of para-hydroxylation sites is 1. The topological polar surface area (TPSA) is 62.2 Å². The Morgan fingerprint density at radius 3 is 2.72 bits per heavy atom. The lowest BCUT2D eigenvalue weighted by atomic mass is 9.96. The largest absolute Gasteiger partial charge is 0.508 e. The van der Waals surface area contributed by atoms with E-state index in [1.165, 1.54) is 0 Å². The average molecular weight is 334 g/mol. The third kappa shape index (κ3) is 3.48. The van der Waals surface area contributed by atoms with Crippen molar-refractivity contribution < 1.29 is 9.90 Å². The smallest absolute Gasteiger partial charge is 0.251 e. The van der Waals surface area contributed by atoms with Crippen LogP contribution in [-0.2, 0) is 6.54 Å². The van der Waals surface area contributed by atoms with E-state index in [1.807, 2.05) is 51.1 Å². The Hall–Kier alpha value is -2.88. The Morgan fingerprint density at radius 2 is 1.96 bits per heavy atom. The summed E-state index contributed by atoms with van der Waals surface area (Å²) in [5.74, 6) is 0.240. The molecule has 4 nitrogen and oxygen atoms in total. The van der Waals surface area contributed by atoms with Gasteiger partial charge in [-0.05, 0) is 47.7 Å². The lowest BCUT2D eigenvalue weighted by Gasteiger charge is -2.14. The molecule has 0 saturated carbocycles. The summed E-state index contributed by atoms with van der Waals surface area (Å²) in [6, 6.07) is 13.3. The average Bonchev–Trinajstić information content (AvgIpc) is 2.59. The first-order valence-electron chi connectivity index (χ1n) is 8.41. The highest BCUT2D eigenvalue weighted by molar-refractivity contribution is 5.96. The van der Waals surface area contributed by atoms with Crippen LogP contribution >= 0.6 is 0 Å². The normalized spacial score (nSPS) is 11.0. The number of pyridine rings is 1. The first-order chi connectivity index (χ1) is 12.0. The summed E-state index contributed by atoms with van der Waals surface area (Å²) in [6.45, 7) is 6.23. The zero-order valence-electron chi connectivity index (χ0n) is 14.7. The number of aromatic hydroxyl groups is 1. The number of fused-ring (bicyclic) bond motifs is 1. The molecule has 0 saturated heterocycles. The van der Waals surface area contributed by atoms with Crippen LogP contribution in [0.25, 0.3) is 10.9 Å². The predicted molar refractivity (Wildman–Crippen MR) is 99.8 cm³/mol. The molecular formula is C21H22N2O2. The highest BCUT2D eigenvalue weighted by atomic mass is 16.3. The minimum absolute atomic E-state index is 0.146. The van der Waals surface area contributed by atoms with Gasteiger partial charge in [-0.15, -0.1) is 0 Å². The standard InChI is InChI=1S/C21H22N2O2/c1-13(2)17-11-18(14(3)10-19(17)24)21(25)23-12-16-7-4-6-15-8-5-9-22-20(15)16/h4-11,13,24H,12H2,1-3H3,(H,23,25). The second-order valence-electron chi connectivity index (χ2n) is 6.56. The molecular weight excluding hydrogens is 312 g/mol. The van der Waals surface area contributed by atoms with Crippen molar-refractivity contribution in [1.82, 2.24) is 10.3 Å². The van der Waals surface area contributed by atoms with Gasteiger partial charge in [0.2, 0.25) is 0 Å². The van der Waals surface area contributed by atoms with E-state index in [2.05, 4.69) is 10.3 Å². The molecule has 0 bridgehead atoms. The van der Waals surface area contributed by atoms with Crippen molar-refractivity contribution in [2.45, 2.75) is 33.2 Å². The number of carbonyl (C=O) groups is 1. The number of hydrogen-bond donors (Lipinski definition) is 2. The molecule has 0 fully saturated rings. The summed E-state index contributed by atoms with van der Waals surface area (Å²) in [6.07, 6.45) is 1.76. The molecule has 4 heteroatoms. The summed E-state index contributed by atoms with van der Waals surface area (Å²) in [5.41, 5.74) is 4.01. The summed E-state index contributed by atoms with van der Waals surface area (Å²) >= 11 is 0. The molecule has 0 spiro atoms. The zero-order chi connectivity index (χ0) is 18.0. The Labute approximate surface area is 147 Å². The SMILES string of the molecule is Cc1cc(O)c(C(C)C)cc1C(=O)NCc1cccc2cccnc12. The van der Waals surface area contributed by atoms with Crippen LogP contribution in [0.4, 0.5) is 0 Å². The van der Waals surface area contributed by atoms with Gasteiger partial charge in [0.15, 0.2) is 0 Å². The molecule has 0 aliphatic rings. The highest BCUT2D eigenvalue weighted by Crippen LogP contribution is 2.28. The lowest BCUT2D eigenvalue weighted by Crippen LogP contribution is -2.24. The van der Waals surface area contributed by atoms with Crippen LogP contribution < -0.4 is 5.32 Å². The summed E-state index contributed by atoms with van der Waals surface area (Å²) in [7, 11) is 0. The number of nitrogens with zero attached hydrogens (tertiary/aromatic N) is 1. The fourth-order valence-corrected chi connectivity index (χ4v) is 3.00. The molecule has 128 valence electrons. The molecule has 3 aromatic rings. The number of hydrogen-bond acceptors (Lipinski definition) is 3. The quantitative estimate of drug-likeness (QED) is 0.747.